The van der Waals surface area contributed by atoms with Crippen LogP contribution in [-0.2, 0) is 14.3 Å². The van der Waals surface area contributed by atoms with Crippen LogP contribution in [0.3, 0.4) is 0 Å². The molecule has 0 spiro atoms. The van der Waals surface area contributed by atoms with E-state index >= 15 is 0 Å². The maximum Gasteiger partial charge on any atom is 0.220 e. The maximum absolute atomic E-state index is 13.1. The summed E-state index contributed by atoms with van der Waals surface area (Å²) in [6.45, 7) is 3.76. The molecule has 1 aliphatic heterocycles. The monoisotopic (exact) mass is 1030 g/mol. The fourth-order valence-corrected chi connectivity index (χ4v) is 10.0. The topological polar surface area (TPSA) is 149 Å². The lowest BCUT2D eigenvalue weighted by Gasteiger charge is -2.40. The summed E-state index contributed by atoms with van der Waals surface area (Å²) < 4.78 is 11.3. The molecule has 0 aromatic carbocycles. The predicted molar refractivity (Wildman–Crippen MR) is 309 cm³/mol. The molecule has 1 aliphatic rings. The van der Waals surface area contributed by atoms with Gasteiger partial charge in [-0.05, 0) is 51.4 Å². The SMILES string of the molecule is CC/C=C\C/C=C\C/C=C\C/C=C\CCCCCCCCCCCCCCCCCCC(=O)NC(COC1OC(CO)C(O)C(O)C1O)C(O)CCCCCCCCCCCCCCCCCCCCCCC. The van der Waals surface area contributed by atoms with Crippen molar-refractivity contribution in [3.05, 3.63) is 48.6 Å². The van der Waals surface area contributed by atoms with Crippen LogP contribution in [0.4, 0.5) is 0 Å². The molecule has 9 nitrogen and oxygen atoms in total. The Hall–Kier alpha value is -1.85. The van der Waals surface area contributed by atoms with E-state index in [9.17, 15) is 30.3 Å². The van der Waals surface area contributed by atoms with Gasteiger partial charge in [-0.2, -0.15) is 0 Å². The van der Waals surface area contributed by atoms with E-state index in [1.54, 1.807) is 0 Å². The number of unbranched alkanes of at least 4 members (excludes halogenated alkanes) is 36. The van der Waals surface area contributed by atoms with Crippen molar-refractivity contribution < 1.29 is 39.8 Å². The zero-order valence-corrected chi connectivity index (χ0v) is 47.6. The number of aliphatic hydroxyl groups is 5. The maximum atomic E-state index is 13.1. The lowest BCUT2D eigenvalue weighted by Crippen LogP contribution is -2.60. The highest BCUT2D eigenvalue weighted by Crippen LogP contribution is 2.23. The van der Waals surface area contributed by atoms with E-state index < -0.39 is 49.5 Å². The van der Waals surface area contributed by atoms with Crippen LogP contribution in [0, 0.1) is 0 Å². The van der Waals surface area contributed by atoms with Gasteiger partial charge in [0, 0.05) is 6.42 Å². The Morgan fingerprint density at radius 1 is 0.479 bits per heavy atom. The third kappa shape index (κ3) is 42.9. The van der Waals surface area contributed by atoms with Gasteiger partial charge in [0.15, 0.2) is 6.29 Å². The summed E-state index contributed by atoms with van der Waals surface area (Å²) in [4.78, 5) is 13.1. The second-order valence-corrected chi connectivity index (χ2v) is 21.8. The number of allylic oxidation sites excluding steroid dienone is 8. The number of rotatable bonds is 54. The summed E-state index contributed by atoms with van der Waals surface area (Å²) in [6, 6.07) is -0.720. The number of nitrogens with one attached hydrogen (secondary N) is 1. The molecule has 0 bridgehead atoms. The molecule has 6 N–H and O–H groups in total. The van der Waals surface area contributed by atoms with Crippen molar-refractivity contribution in [3.8, 4) is 0 Å². The molecule has 0 saturated carbocycles. The first-order valence-corrected chi connectivity index (χ1v) is 31.3. The highest BCUT2D eigenvalue weighted by Gasteiger charge is 2.44. The van der Waals surface area contributed by atoms with E-state index in [1.807, 2.05) is 0 Å². The van der Waals surface area contributed by atoms with E-state index in [0.29, 0.717) is 12.8 Å². The third-order valence-electron chi connectivity index (χ3n) is 14.9. The number of hydrogen-bond acceptors (Lipinski definition) is 8. The van der Waals surface area contributed by atoms with Gasteiger partial charge >= 0.3 is 0 Å². The molecule has 1 fully saturated rings. The highest BCUT2D eigenvalue weighted by molar-refractivity contribution is 5.76. The summed E-state index contributed by atoms with van der Waals surface area (Å²) in [6.07, 6.45) is 64.3. The molecule has 73 heavy (non-hydrogen) atoms. The van der Waals surface area contributed by atoms with Gasteiger partial charge < -0.3 is 40.3 Å². The van der Waals surface area contributed by atoms with Crippen LogP contribution in [-0.4, -0.2) is 87.5 Å². The number of carbonyl (C=O) groups is 1. The molecular weight excluding hydrogens is 911 g/mol. The number of carbonyl (C=O) groups excluding carboxylic acids is 1. The Morgan fingerprint density at radius 2 is 0.849 bits per heavy atom. The molecule has 7 atom stereocenters. The minimum Gasteiger partial charge on any atom is -0.394 e. The van der Waals surface area contributed by atoms with Crippen molar-refractivity contribution in [3.63, 3.8) is 0 Å². The fraction of sp³-hybridized carbons (Fsp3) is 0.859. The van der Waals surface area contributed by atoms with Gasteiger partial charge in [-0.3, -0.25) is 4.79 Å². The molecular formula is C64H119NO8. The third-order valence-corrected chi connectivity index (χ3v) is 14.9. The number of ether oxygens (including phenoxy) is 2. The van der Waals surface area contributed by atoms with Gasteiger partial charge in [-0.1, -0.05) is 287 Å². The van der Waals surface area contributed by atoms with E-state index in [2.05, 4.69) is 67.8 Å². The predicted octanol–water partition coefficient (Wildman–Crippen LogP) is 16.1. The second kappa shape index (κ2) is 53.5. The van der Waals surface area contributed by atoms with Crippen LogP contribution >= 0.6 is 0 Å². The summed E-state index contributed by atoms with van der Waals surface area (Å²) in [5.41, 5.74) is 0. The largest absolute Gasteiger partial charge is 0.394 e. The van der Waals surface area contributed by atoms with Crippen molar-refractivity contribution >= 4 is 5.91 Å². The molecule has 9 heteroatoms. The Bertz CT molecular complexity index is 1290. The molecule has 0 aromatic rings. The molecule has 1 rings (SSSR count). The first-order chi connectivity index (χ1) is 35.8. The Balaban J connectivity index is 2.15. The Kier molecular flexibility index (Phi) is 50.7. The van der Waals surface area contributed by atoms with Crippen LogP contribution in [0.5, 0.6) is 0 Å². The average molecular weight is 1030 g/mol. The molecule has 0 aromatic heterocycles. The smallest absolute Gasteiger partial charge is 0.220 e. The van der Waals surface area contributed by atoms with Crippen LogP contribution in [0.1, 0.15) is 296 Å². The number of aliphatic hydroxyl groups excluding tert-OH is 5. The molecule has 1 heterocycles. The molecule has 0 radical (unpaired) electrons. The van der Waals surface area contributed by atoms with Crippen molar-refractivity contribution in [2.45, 2.75) is 339 Å². The van der Waals surface area contributed by atoms with Crippen LogP contribution in [0.25, 0.3) is 0 Å². The Labute approximate surface area is 450 Å². The zero-order valence-electron chi connectivity index (χ0n) is 47.6. The number of hydrogen-bond donors (Lipinski definition) is 6. The van der Waals surface area contributed by atoms with Crippen LogP contribution < -0.4 is 5.32 Å². The van der Waals surface area contributed by atoms with Crippen LogP contribution in [0.2, 0.25) is 0 Å². The van der Waals surface area contributed by atoms with Gasteiger partial charge in [0.1, 0.15) is 24.4 Å². The van der Waals surface area contributed by atoms with Gasteiger partial charge in [0.2, 0.25) is 5.91 Å². The molecule has 1 saturated heterocycles. The van der Waals surface area contributed by atoms with E-state index in [4.69, 9.17) is 9.47 Å². The van der Waals surface area contributed by atoms with Crippen molar-refractivity contribution in [2.75, 3.05) is 13.2 Å². The first-order valence-electron chi connectivity index (χ1n) is 31.3. The van der Waals surface area contributed by atoms with Gasteiger partial charge in [-0.25, -0.2) is 0 Å². The summed E-state index contributed by atoms with van der Waals surface area (Å²) in [5.74, 6) is -0.141. The fourth-order valence-electron chi connectivity index (χ4n) is 10.0. The van der Waals surface area contributed by atoms with Crippen molar-refractivity contribution in [1.82, 2.24) is 5.32 Å². The zero-order chi connectivity index (χ0) is 52.9. The quantitative estimate of drug-likeness (QED) is 0.0261. The van der Waals surface area contributed by atoms with Crippen LogP contribution in [0.15, 0.2) is 48.6 Å². The van der Waals surface area contributed by atoms with E-state index in [-0.39, 0.29) is 12.5 Å². The van der Waals surface area contributed by atoms with E-state index in [0.717, 1.165) is 64.2 Å². The molecule has 428 valence electrons. The van der Waals surface area contributed by atoms with Crippen molar-refractivity contribution in [2.24, 2.45) is 0 Å². The van der Waals surface area contributed by atoms with Gasteiger partial charge in [0.25, 0.3) is 0 Å². The molecule has 0 aliphatic carbocycles. The molecule has 7 unspecified atom stereocenters. The number of amides is 1. The van der Waals surface area contributed by atoms with Gasteiger partial charge in [-0.15, -0.1) is 0 Å². The summed E-state index contributed by atoms with van der Waals surface area (Å²) in [7, 11) is 0. The Morgan fingerprint density at radius 3 is 1.26 bits per heavy atom. The first kappa shape index (κ1) is 69.2. The summed E-state index contributed by atoms with van der Waals surface area (Å²) >= 11 is 0. The average Bonchev–Trinajstić information content (AvgIpc) is 3.39. The molecule has 1 amide bonds. The standard InChI is InChI=1S/C64H119NO8/c1-3-5-7-9-11-13-15-17-19-21-23-25-26-27-28-29-30-31-32-34-36-38-40-42-44-46-48-50-52-54-60(68)65-57(56-72-64-63(71)62(70)61(69)59(55-66)73-64)58(67)53-51-49-47-45-43-41-39-37-35-33-24-22-20-18-16-14-12-10-8-6-4-2/h5,7,11,13,17,19,23,25,57-59,61-64,66-67,69-71H,3-4,6,8-10,12,14-16,18,20-22,24,26-56H2,1-2H3,(H,65,68)/b7-5-,13-11-,19-17-,25-23-. The lowest BCUT2D eigenvalue weighted by molar-refractivity contribution is -0.302. The lowest BCUT2D eigenvalue weighted by atomic mass is 9.99. The second-order valence-electron chi connectivity index (χ2n) is 21.8. The van der Waals surface area contributed by atoms with Crippen molar-refractivity contribution in [1.29, 1.82) is 0 Å². The normalized spacial score (nSPS) is 19.4. The van der Waals surface area contributed by atoms with E-state index in [1.165, 1.54) is 205 Å². The minimum absolute atomic E-state index is 0.136. The highest BCUT2D eigenvalue weighted by atomic mass is 16.7. The minimum atomic E-state index is -1.55. The summed E-state index contributed by atoms with van der Waals surface area (Å²) in [5, 5.41) is 54.8. The van der Waals surface area contributed by atoms with Gasteiger partial charge in [0.05, 0.1) is 25.4 Å².